The maximum Gasteiger partial charge on any atom is 0.304 e. The molecule has 2 aromatic rings. The molecule has 0 aromatic heterocycles. The van der Waals surface area contributed by atoms with Gasteiger partial charge < -0.3 is 15.3 Å². The third-order valence-electron chi connectivity index (χ3n) is 4.31. The summed E-state index contributed by atoms with van der Waals surface area (Å²) in [4.78, 5) is 15.2. The van der Waals surface area contributed by atoms with E-state index < -0.39 is 5.97 Å². The Hall–Kier alpha value is -2.53. The van der Waals surface area contributed by atoms with E-state index in [4.69, 9.17) is 5.11 Å². The van der Waals surface area contributed by atoms with Gasteiger partial charge in [-0.3, -0.25) is 9.69 Å². The van der Waals surface area contributed by atoms with Crippen LogP contribution < -0.4 is 10.2 Å². The Balaban J connectivity index is 1.52. The van der Waals surface area contributed by atoms with Crippen LogP contribution >= 0.6 is 0 Å². The van der Waals surface area contributed by atoms with Gasteiger partial charge in [0.15, 0.2) is 0 Å². The number of carboxylic acid groups (broad SMARTS) is 1. The fraction of sp³-hybridized carbons (Fsp3) is 0.316. The van der Waals surface area contributed by atoms with Crippen LogP contribution in [0.25, 0.3) is 0 Å². The highest BCUT2D eigenvalue weighted by atomic mass is 16.4. The fourth-order valence-corrected chi connectivity index (χ4v) is 2.93. The number of nitrogens with zero attached hydrogens (tertiary/aromatic N) is 2. The average Bonchev–Trinajstić information content (AvgIpc) is 2.62. The lowest BCUT2D eigenvalue weighted by atomic mass is 10.2. The van der Waals surface area contributed by atoms with E-state index in [1.165, 1.54) is 5.69 Å². The molecular weight excluding hydrogens is 302 g/mol. The molecule has 0 unspecified atom stereocenters. The fourth-order valence-electron chi connectivity index (χ4n) is 2.93. The molecule has 0 bridgehead atoms. The number of piperazine rings is 1. The molecule has 1 aliphatic heterocycles. The summed E-state index contributed by atoms with van der Waals surface area (Å²) in [6.07, 6.45) is 0.222. The topological polar surface area (TPSA) is 55.8 Å². The second kappa shape index (κ2) is 7.84. The minimum absolute atomic E-state index is 0.222. The van der Waals surface area contributed by atoms with Crippen LogP contribution in [0, 0.1) is 0 Å². The number of hydrogen-bond acceptors (Lipinski definition) is 4. The molecular formula is C19H23N3O2. The van der Waals surface area contributed by atoms with Crippen LogP contribution in [0.4, 0.5) is 17.1 Å². The van der Waals surface area contributed by atoms with Crippen molar-refractivity contribution >= 4 is 23.0 Å². The van der Waals surface area contributed by atoms with Crippen LogP contribution in [0.5, 0.6) is 0 Å². The van der Waals surface area contributed by atoms with Gasteiger partial charge in [-0.15, -0.1) is 0 Å². The Morgan fingerprint density at radius 2 is 1.54 bits per heavy atom. The lowest BCUT2D eigenvalue weighted by Crippen LogP contribution is -2.46. The Morgan fingerprint density at radius 1 is 0.917 bits per heavy atom. The van der Waals surface area contributed by atoms with Gasteiger partial charge >= 0.3 is 5.97 Å². The maximum absolute atomic E-state index is 10.6. The van der Waals surface area contributed by atoms with Crippen LogP contribution in [0.1, 0.15) is 6.42 Å². The molecule has 5 nitrogen and oxygen atoms in total. The second-order valence-corrected chi connectivity index (χ2v) is 6.01. The predicted octanol–water partition coefficient (Wildman–Crippen LogP) is 3.03. The first kappa shape index (κ1) is 16.3. The van der Waals surface area contributed by atoms with Crippen molar-refractivity contribution in [2.75, 3.05) is 42.9 Å². The number of carbonyl (C=O) groups is 1. The Bertz CT molecular complexity index is 650. The number of benzene rings is 2. The van der Waals surface area contributed by atoms with Crippen molar-refractivity contribution < 1.29 is 9.90 Å². The standard InChI is InChI=1S/C19H23N3O2/c23-19(24)10-11-21-12-14-22(15-13-21)18-8-6-17(7-9-18)20-16-4-2-1-3-5-16/h1-9,20H,10-15H2,(H,23,24). The zero-order valence-electron chi connectivity index (χ0n) is 13.7. The zero-order valence-corrected chi connectivity index (χ0v) is 13.7. The lowest BCUT2D eigenvalue weighted by molar-refractivity contribution is -0.137. The number of para-hydroxylation sites is 1. The molecule has 126 valence electrons. The van der Waals surface area contributed by atoms with E-state index in [-0.39, 0.29) is 6.42 Å². The van der Waals surface area contributed by atoms with Crippen molar-refractivity contribution in [1.29, 1.82) is 0 Å². The predicted molar refractivity (Wildman–Crippen MR) is 97.1 cm³/mol. The number of anilines is 3. The third-order valence-corrected chi connectivity index (χ3v) is 4.31. The average molecular weight is 325 g/mol. The minimum atomic E-state index is -0.723. The van der Waals surface area contributed by atoms with Gasteiger partial charge in [0.1, 0.15) is 0 Å². The Morgan fingerprint density at radius 3 is 2.17 bits per heavy atom. The number of nitrogens with one attached hydrogen (secondary N) is 1. The molecule has 1 saturated heterocycles. The van der Waals surface area contributed by atoms with Crippen molar-refractivity contribution in [3.05, 3.63) is 54.6 Å². The molecule has 0 atom stereocenters. The normalized spacial score (nSPS) is 15.2. The van der Waals surface area contributed by atoms with E-state index in [0.717, 1.165) is 37.6 Å². The van der Waals surface area contributed by atoms with Crippen molar-refractivity contribution in [2.45, 2.75) is 6.42 Å². The largest absolute Gasteiger partial charge is 0.481 e. The molecule has 3 rings (SSSR count). The summed E-state index contributed by atoms with van der Waals surface area (Å²) in [7, 11) is 0. The Kier molecular flexibility index (Phi) is 5.33. The van der Waals surface area contributed by atoms with Crippen LogP contribution in [0.15, 0.2) is 54.6 Å². The van der Waals surface area contributed by atoms with Crippen LogP contribution in [0.3, 0.4) is 0 Å². The van der Waals surface area contributed by atoms with Crippen molar-refractivity contribution in [3.8, 4) is 0 Å². The molecule has 0 spiro atoms. The van der Waals surface area contributed by atoms with E-state index in [9.17, 15) is 4.79 Å². The van der Waals surface area contributed by atoms with Crippen molar-refractivity contribution in [1.82, 2.24) is 4.90 Å². The summed E-state index contributed by atoms with van der Waals surface area (Å²) >= 11 is 0. The number of aliphatic carboxylic acids is 1. The molecule has 5 heteroatoms. The van der Waals surface area contributed by atoms with Gasteiger partial charge in [-0.25, -0.2) is 0 Å². The van der Waals surface area contributed by atoms with E-state index in [2.05, 4.69) is 39.4 Å². The summed E-state index contributed by atoms with van der Waals surface area (Å²) < 4.78 is 0. The molecule has 1 fully saturated rings. The molecule has 2 N–H and O–H groups in total. The minimum Gasteiger partial charge on any atom is -0.481 e. The molecule has 0 aliphatic carbocycles. The first-order valence-corrected chi connectivity index (χ1v) is 8.32. The molecule has 0 saturated carbocycles. The maximum atomic E-state index is 10.6. The van der Waals surface area contributed by atoms with Crippen molar-refractivity contribution in [2.24, 2.45) is 0 Å². The lowest BCUT2D eigenvalue weighted by Gasteiger charge is -2.36. The van der Waals surface area contributed by atoms with Gasteiger partial charge in [0.2, 0.25) is 0 Å². The summed E-state index contributed by atoms with van der Waals surface area (Å²) in [5, 5.41) is 12.1. The molecule has 0 amide bonds. The SMILES string of the molecule is O=C(O)CCN1CCN(c2ccc(Nc3ccccc3)cc2)CC1. The number of hydrogen-bond donors (Lipinski definition) is 2. The van der Waals surface area contributed by atoms with Crippen LogP contribution in [0.2, 0.25) is 0 Å². The summed E-state index contributed by atoms with van der Waals surface area (Å²) in [6.45, 7) is 4.34. The number of rotatable bonds is 6. The monoisotopic (exact) mass is 325 g/mol. The zero-order chi connectivity index (χ0) is 16.8. The van der Waals surface area contributed by atoms with E-state index in [1.807, 2.05) is 30.3 Å². The molecule has 2 aromatic carbocycles. The van der Waals surface area contributed by atoms with Gasteiger partial charge in [0.25, 0.3) is 0 Å². The first-order chi connectivity index (χ1) is 11.7. The Labute approximate surface area is 142 Å². The highest BCUT2D eigenvalue weighted by Crippen LogP contribution is 2.22. The van der Waals surface area contributed by atoms with Crippen LogP contribution in [-0.2, 0) is 4.79 Å². The second-order valence-electron chi connectivity index (χ2n) is 6.01. The smallest absolute Gasteiger partial charge is 0.304 e. The van der Waals surface area contributed by atoms with Gasteiger partial charge in [-0.2, -0.15) is 0 Å². The highest BCUT2D eigenvalue weighted by molar-refractivity contribution is 5.67. The highest BCUT2D eigenvalue weighted by Gasteiger charge is 2.17. The van der Waals surface area contributed by atoms with E-state index >= 15 is 0 Å². The van der Waals surface area contributed by atoms with E-state index in [1.54, 1.807) is 0 Å². The number of carboxylic acids is 1. The third kappa shape index (κ3) is 4.49. The van der Waals surface area contributed by atoms with Crippen LogP contribution in [-0.4, -0.2) is 48.7 Å². The summed E-state index contributed by atoms with van der Waals surface area (Å²) in [5.74, 6) is -0.723. The summed E-state index contributed by atoms with van der Waals surface area (Å²) in [5.41, 5.74) is 3.37. The van der Waals surface area contributed by atoms with Gasteiger partial charge in [-0.05, 0) is 36.4 Å². The molecule has 0 radical (unpaired) electrons. The molecule has 1 heterocycles. The van der Waals surface area contributed by atoms with Gasteiger partial charge in [-0.1, -0.05) is 18.2 Å². The first-order valence-electron chi connectivity index (χ1n) is 8.32. The molecule has 1 aliphatic rings. The van der Waals surface area contributed by atoms with Gasteiger partial charge in [0, 0.05) is 49.8 Å². The quantitative estimate of drug-likeness (QED) is 0.855. The summed E-state index contributed by atoms with van der Waals surface area (Å²) in [6, 6.07) is 18.6. The molecule has 24 heavy (non-hydrogen) atoms. The van der Waals surface area contributed by atoms with E-state index in [0.29, 0.717) is 6.54 Å². The van der Waals surface area contributed by atoms with Crippen molar-refractivity contribution in [3.63, 3.8) is 0 Å². The van der Waals surface area contributed by atoms with Gasteiger partial charge in [0.05, 0.1) is 6.42 Å².